The molecule has 0 aliphatic heterocycles. The molecule has 1 aliphatic rings. The summed E-state index contributed by atoms with van der Waals surface area (Å²) in [6, 6.07) is 12.8. The summed E-state index contributed by atoms with van der Waals surface area (Å²) in [5.41, 5.74) is 2.60. The molecule has 0 amide bonds. The fraction of sp³-hybridized carbons (Fsp3) is 0.389. The van der Waals surface area contributed by atoms with E-state index in [0.717, 1.165) is 29.8 Å². The fourth-order valence-electron chi connectivity index (χ4n) is 3.32. The molecule has 3 unspecified atom stereocenters. The van der Waals surface area contributed by atoms with Crippen molar-refractivity contribution in [3.63, 3.8) is 0 Å². The highest BCUT2D eigenvalue weighted by Gasteiger charge is 2.30. The highest BCUT2D eigenvalue weighted by Crippen LogP contribution is 2.40. The van der Waals surface area contributed by atoms with E-state index >= 15 is 0 Å². The van der Waals surface area contributed by atoms with E-state index in [0.29, 0.717) is 11.8 Å². The molecule has 0 radical (unpaired) electrons. The Hall–Kier alpha value is -1.05. The molecular weight excluding hydrogens is 301 g/mol. The Labute approximate surface area is 136 Å². The second kappa shape index (κ2) is 6.81. The molecule has 1 aromatic carbocycles. The van der Waals surface area contributed by atoms with Crippen LogP contribution in [0.15, 0.2) is 48.8 Å². The van der Waals surface area contributed by atoms with Crippen molar-refractivity contribution in [1.29, 1.82) is 0 Å². The number of nitrogens with zero attached hydrogens (tertiary/aromatic N) is 1. The van der Waals surface area contributed by atoms with Crippen LogP contribution in [0.3, 0.4) is 0 Å². The van der Waals surface area contributed by atoms with E-state index in [1.165, 1.54) is 12.0 Å². The van der Waals surface area contributed by atoms with Crippen LogP contribution < -0.4 is 0 Å². The zero-order valence-electron chi connectivity index (χ0n) is 11.9. The molecule has 0 spiro atoms. The lowest BCUT2D eigenvalue weighted by atomic mass is 9.75. The number of benzene rings is 1. The summed E-state index contributed by atoms with van der Waals surface area (Å²) < 4.78 is 0. The first-order valence-corrected chi connectivity index (χ1v) is 8.33. The Balaban J connectivity index is 1.74. The van der Waals surface area contributed by atoms with Gasteiger partial charge >= 0.3 is 0 Å². The Kier molecular flexibility index (Phi) is 4.82. The van der Waals surface area contributed by atoms with Crippen molar-refractivity contribution in [3.8, 4) is 0 Å². The highest BCUT2D eigenvalue weighted by atomic mass is 35.5. The average molecular weight is 320 g/mol. The first kappa shape index (κ1) is 14.9. The van der Waals surface area contributed by atoms with Crippen molar-refractivity contribution in [2.24, 2.45) is 5.92 Å². The van der Waals surface area contributed by atoms with Crippen LogP contribution in [0.25, 0.3) is 0 Å². The van der Waals surface area contributed by atoms with Crippen LogP contribution in [-0.4, -0.2) is 10.4 Å². The number of pyridine rings is 1. The van der Waals surface area contributed by atoms with Crippen LogP contribution in [0.1, 0.15) is 36.3 Å². The Bertz CT molecular complexity index is 585. The number of hydrogen-bond acceptors (Lipinski definition) is 1. The van der Waals surface area contributed by atoms with Gasteiger partial charge in [-0.15, -0.1) is 11.6 Å². The molecule has 21 heavy (non-hydrogen) atoms. The molecule has 1 aliphatic carbocycles. The first-order chi connectivity index (χ1) is 10.2. The van der Waals surface area contributed by atoms with Crippen LogP contribution in [0.5, 0.6) is 0 Å². The monoisotopic (exact) mass is 319 g/mol. The Morgan fingerprint density at radius 2 is 1.90 bits per heavy atom. The molecule has 1 nitrogen and oxygen atoms in total. The zero-order chi connectivity index (χ0) is 14.7. The molecule has 3 rings (SSSR count). The van der Waals surface area contributed by atoms with Gasteiger partial charge in [-0.05, 0) is 54.7 Å². The smallest absolute Gasteiger partial charge is 0.0621 e. The Morgan fingerprint density at radius 3 is 2.67 bits per heavy atom. The van der Waals surface area contributed by atoms with Crippen molar-refractivity contribution in [2.75, 3.05) is 0 Å². The fourth-order valence-corrected chi connectivity index (χ4v) is 3.83. The zero-order valence-corrected chi connectivity index (χ0v) is 13.4. The minimum atomic E-state index is 0.245. The number of alkyl halides is 1. The van der Waals surface area contributed by atoms with Crippen molar-refractivity contribution in [3.05, 3.63) is 64.9 Å². The maximum Gasteiger partial charge on any atom is 0.0621 e. The molecule has 0 bridgehead atoms. The maximum atomic E-state index is 6.58. The summed E-state index contributed by atoms with van der Waals surface area (Å²) >= 11 is 12.8. The molecule has 3 heteroatoms. The van der Waals surface area contributed by atoms with Gasteiger partial charge < -0.3 is 0 Å². The minimum Gasteiger partial charge on any atom is -0.263 e. The van der Waals surface area contributed by atoms with E-state index in [9.17, 15) is 0 Å². The molecule has 3 atom stereocenters. The molecule has 1 fully saturated rings. The molecule has 1 saturated carbocycles. The topological polar surface area (TPSA) is 12.9 Å². The average Bonchev–Trinajstić information content (AvgIpc) is 2.52. The van der Waals surface area contributed by atoms with Crippen molar-refractivity contribution in [1.82, 2.24) is 4.98 Å². The summed E-state index contributed by atoms with van der Waals surface area (Å²) in [6.07, 6.45) is 7.86. The van der Waals surface area contributed by atoms with E-state index in [4.69, 9.17) is 23.2 Å². The van der Waals surface area contributed by atoms with Gasteiger partial charge in [0, 0.05) is 17.8 Å². The third-order valence-corrected chi connectivity index (χ3v) is 5.41. The predicted octanol–water partition coefficient (Wildman–Crippen LogP) is 5.47. The first-order valence-electron chi connectivity index (χ1n) is 7.51. The number of halogens is 2. The number of rotatable bonds is 3. The third-order valence-electron chi connectivity index (χ3n) is 4.50. The molecule has 2 aromatic rings. The van der Waals surface area contributed by atoms with Gasteiger partial charge in [0.05, 0.1) is 5.02 Å². The summed E-state index contributed by atoms with van der Waals surface area (Å²) in [5, 5.41) is 0.998. The van der Waals surface area contributed by atoms with E-state index in [-0.39, 0.29) is 5.38 Å². The third kappa shape index (κ3) is 3.59. The lowest BCUT2D eigenvalue weighted by Gasteiger charge is -2.33. The Morgan fingerprint density at radius 1 is 1.10 bits per heavy atom. The summed E-state index contributed by atoms with van der Waals surface area (Å²) in [5.74, 6) is 1.09. The van der Waals surface area contributed by atoms with E-state index in [2.05, 4.69) is 35.3 Å². The van der Waals surface area contributed by atoms with Crippen LogP contribution in [0, 0.1) is 5.92 Å². The molecule has 0 saturated heterocycles. The van der Waals surface area contributed by atoms with Crippen molar-refractivity contribution < 1.29 is 0 Å². The molecule has 0 N–H and O–H groups in total. The molecular formula is C18H19Cl2N. The minimum absolute atomic E-state index is 0.245. The van der Waals surface area contributed by atoms with Crippen molar-refractivity contribution in [2.45, 2.75) is 37.0 Å². The quantitative estimate of drug-likeness (QED) is 0.684. The highest BCUT2D eigenvalue weighted by molar-refractivity contribution is 6.31. The number of aromatic nitrogens is 1. The van der Waals surface area contributed by atoms with Crippen LogP contribution in [0.4, 0.5) is 0 Å². The molecule has 1 aromatic heterocycles. The largest absolute Gasteiger partial charge is 0.263 e. The lowest BCUT2D eigenvalue weighted by molar-refractivity contribution is 0.327. The summed E-state index contributed by atoms with van der Waals surface area (Å²) in [6.45, 7) is 0. The standard InChI is InChI=1S/C18H19Cl2N/c19-17-7-6-14(13-4-2-1-3-5-13)10-16(17)11-15-8-9-21-12-18(15)20/h1-5,8-9,12,14,16-17H,6-7,10-11H2. The van der Waals surface area contributed by atoms with Gasteiger partial charge in [0.25, 0.3) is 0 Å². The van der Waals surface area contributed by atoms with Gasteiger partial charge in [-0.1, -0.05) is 41.9 Å². The maximum absolute atomic E-state index is 6.58. The van der Waals surface area contributed by atoms with Gasteiger partial charge in [0.15, 0.2) is 0 Å². The van der Waals surface area contributed by atoms with Crippen LogP contribution in [0.2, 0.25) is 5.02 Å². The van der Waals surface area contributed by atoms with Gasteiger partial charge in [-0.3, -0.25) is 4.98 Å². The second-order valence-electron chi connectivity index (χ2n) is 5.87. The van der Waals surface area contributed by atoms with Crippen LogP contribution >= 0.6 is 23.2 Å². The van der Waals surface area contributed by atoms with Crippen LogP contribution in [-0.2, 0) is 6.42 Å². The normalized spacial score (nSPS) is 25.7. The van der Waals surface area contributed by atoms with Gasteiger partial charge in [0.2, 0.25) is 0 Å². The number of hydrogen-bond donors (Lipinski definition) is 0. The lowest BCUT2D eigenvalue weighted by Crippen LogP contribution is -2.26. The summed E-state index contributed by atoms with van der Waals surface area (Å²) in [4.78, 5) is 4.05. The predicted molar refractivity (Wildman–Crippen MR) is 89.1 cm³/mol. The van der Waals surface area contributed by atoms with E-state index in [1.807, 2.05) is 12.3 Å². The van der Waals surface area contributed by atoms with E-state index in [1.54, 1.807) is 6.20 Å². The van der Waals surface area contributed by atoms with Gasteiger partial charge in [-0.2, -0.15) is 0 Å². The molecule has 1 heterocycles. The van der Waals surface area contributed by atoms with Gasteiger partial charge in [0.1, 0.15) is 0 Å². The molecule has 110 valence electrons. The van der Waals surface area contributed by atoms with Crippen molar-refractivity contribution >= 4 is 23.2 Å². The van der Waals surface area contributed by atoms with E-state index < -0.39 is 0 Å². The second-order valence-corrected chi connectivity index (χ2v) is 6.84. The SMILES string of the molecule is Clc1cnccc1CC1CC(c2ccccc2)CCC1Cl. The summed E-state index contributed by atoms with van der Waals surface area (Å²) in [7, 11) is 0. The van der Waals surface area contributed by atoms with Gasteiger partial charge in [-0.25, -0.2) is 0 Å².